The Morgan fingerprint density at radius 2 is 2.47 bits per heavy atom. The van der Waals surface area contributed by atoms with Gasteiger partial charge in [-0.3, -0.25) is 4.98 Å². The molecule has 4 heteroatoms. The van der Waals surface area contributed by atoms with Crippen molar-refractivity contribution in [1.29, 1.82) is 0 Å². The molecule has 0 aliphatic rings. The van der Waals surface area contributed by atoms with E-state index in [1.54, 1.807) is 12.3 Å². The molecule has 0 aliphatic heterocycles. The first-order valence-corrected chi connectivity index (χ1v) is 4.74. The number of aliphatic carboxylic acids is 1. The number of rotatable bonds is 5. The maximum Gasteiger partial charge on any atom is 0.328 e. The second-order valence-corrected chi connectivity index (χ2v) is 3.13. The van der Waals surface area contributed by atoms with Crippen molar-refractivity contribution in [3.05, 3.63) is 42.2 Å². The lowest BCUT2D eigenvalue weighted by Gasteiger charge is -2.10. The highest BCUT2D eigenvalue weighted by atomic mass is 16.4. The summed E-state index contributed by atoms with van der Waals surface area (Å²) in [6.07, 6.45) is 4.43. The van der Waals surface area contributed by atoms with E-state index in [4.69, 9.17) is 5.11 Å². The van der Waals surface area contributed by atoms with Gasteiger partial charge in [0.05, 0.1) is 5.69 Å². The summed E-state index contributed by atoms with van der Waals surface area (Å²) in [5.74, 6) is -0.928. The second-order valence-electron chi connectivity index (χ2n) is 3.13. The first-order chi connectivity index (χ1) is 7.20. The summed E-state index contributed by atoms with van der Waals surface area (Å²) in [5, 5.41) is 11.5. The molecule has 0 bridgehead atoms. The molecule has 1 unspecified atom stereocenters. The number of hydrogen-bond acceptors (Lipinski definition) is 3. The van der Waals surface area contributed by atoms with Gasteiger partial charge in [-0.1, -0.05) is 12.1 Å². The van der Waals surface area contributed by atoms with Crippen molar-refractivity contribution < 1.29 is 9.90 Å². The van der Waals surface area contributed by atoms with Crippen molar-refractivity contribution in [2.24, 2.45) is 0 Å². The summed E-state index contributed by atoms with van der Waals surface area (Å²) in [6.45, 7) is 2.50. The van der Waals surface area contributed by atoms with Crippen LogP contribution >= 0.6 is 0 Å². The van der Waals surface area contributed by atoms with E-state index in [0.29, 0.717) is 6.54 Å². The zero-order valence-corrected chi connectivity index (χ0v) is 8.55. The maximum atomic E-state index is 10.2. The number of aromatic nitrogens is 1. The number of carboxylic acids is 1. The lowest BCUT2D eigenvalue weighted by Crippen LogP contribution is -2.19. The smallest absolute Gasteiger partial charge is 0.328 e. The van der Waals surface area contributed by atoms with E-state index < -0.39 is 5.97 Å². The Hall–Kier alpha value is -1.68. The Labute approximate surface area is 88.7 Å². The first-order valence-electron chi connectivity index (χ1n) is 4.74. The molecule has 0 radical (unpaired) electrons. The topological polar surface area (TPSA) is 62.2 Å². The van der Waals surface area contributed by atoms with Gasteiger partial charge in [0.25, 0.3) is 0 Å². The third-order valence-corrected chi connectivity index (χ3v) is 1.93. The normalized spacial score (nSPS) is 12.9. The highest BCUT2D eigenvalue weighted by Gasteiger charge is 2.02. The van der Waals surface area contributed by atoms with Crippen LogP contribution in [-0.4, -0.2) is 22.6 Å². The highest BCUT2D eigenvalue weighted by molar-refractivity contribution is 5.79. The van der Waals surface area contributed by atoms with Crippen LogP contribution in [0.15, 0.2) is 36.5 Å². The van der Waals surface area contributed by atoms with Gasteiger partial charge in [-0.2, -0.15) is 0 Å². The van der Waals surface area contributed by atoms with E-state index in [2.05, 4.69) is 10.3 Å². The summed E-state index contributed by atoms with van der Waals surface area (Å²) in [7, 11) is 0. The maximum absolute atomic E-state index is 10.2. The SMILES string of the molecule is CC(NC/C=C/C(=O)O)c1ccccn1. The standard InChI is InChI=1S/C11H14N2O2/c1-9(10-5-2-3-7-13-10)12-8-4-6-11(14)15/h2-7,9,12H,8H2,1H3,(H,14,15)/b6-4+. The summed E-state index contributed by atoms with van der Waals surface area (Å²) in [4.78, 5) is 14.4. The van der Waals surface area contributed by atoms with Crippen LogP contribution in [0.2, 0.25) is 0 Å². The Bertz CT molecular complexity index is 336. The molecule has 15 heavy (non-hydrogen) atoms. The van der Waals surface area contributed by atoms with Crippen LogP contribution in [0.1, 0.15) is 18.7 Å². The molecule has 0 aliphatic carbocycles. The Kier molecular flexibility index (Phi) is 4.50. The molecule has 1 heterocycles. The van der Waals surface area contributed by atoms with Gasteiger partial charge in [0, 0.05) is 24.9 Å². The Balaban J connectivity index is 2.37. The minimum absolute atomic E-state index is 0.115. The average Bonchev–Trinajstić information content (AvgIpc) is 2.25. The number of hydrogen-bond donors (Lipinski definition) is 2. The van der Waals surface area contributed by atoms with Crippen molar-refractivity contribution >= 4 is 5.97 Å². The summed E-state index contributed by atoms with van der Waals surface area (Å²) < 4.78 is 0. The van der Waals surface area contributed by atoms with Crippen LogP contribution in [0.5, 0.6) is 0 Å². The van der Waals surface area contributed by atoms with Crippen molar-refractivity contribution in [2.75, 3.05) is 6.54 Å². The van der Waals surface area contributed by atoms with Gasteiger partial charge in [-0.25, -0.2) is 4.79 Å². The minimum atomic E-state index is -0.928. The van der Waals surface area contributed by atoms with Crippen molar-refractivity contribution in [3.63, 3.8) is 0 Å². The number of nitrogens with one attached hydrogen (secondary N) is 1. The van der Waals surface area contributed by atoms with Crippen LogP contribution in [0.4, 0.5) is 0 Å². The molecule has 0 spiro atoms. The quantitative estimate of drug-likeness (QED) is 0.714. The largest absolute Gasteiger partial charge is 0.478 e. The molecule has 2 N–H and O–H groups in total. The van der Waals surface area contributed by atoms with Gasteiger partial charge in [-0.05, 0) is 19.1 Å². The lowest BCUT2D eigenvalue weighted by molar-refractivity contribution is -0.131. The van der Waals surface area contributed by atoms with Gasteiger partial charge < -0.3 is 10.4 Å². The summed E-state index contributed by atoms with van der Waals surface area (Å²) >= 11 is 0. The number of carbonyl (C=O) groups is 1. The molecule has 1 aromatic heterocycles. The van der Waals surface area contributed by atoms with Crippen LogP contribution in [-0.2, 0) is 4.79 Å². The van der Waals surface area contributed by atoms with E-state index >= 15 is 0 Å². The highest BCUT2D eigenvalue weighted by Crippen LogP contribution is 2.06. The minimum Gasteiger partial charge on any atom is -0.478 e. The Morgan fingerprint density at radius 3 is 3.07 bits per heavy atom. The fourth-order valence-corrected chi connectivity index (χ4v) is 1.14. The molecule has 0 amide bonds. The molecule has 0 aromatic carbocycles. The number of pyridine rings is 1. The van der Waals surface area contributed by atoms with Crippen LogP contribution in [0, 0.1) is 0 Å². The molecule has 1 atom stereocenters. The molecule has 0 fully saturated rings. The molecule has 1 aromatic rings. The van der Waals surface area contributed by atoms with Crippen molar-refractivity contribution in [3.8, 4) is 0 Å². The molecule has 1 rings (SSSR count). The zero-order chi connectivity index (χ0) is 11.1. The van der Waals surface area contributed by atoms with Gasteiger partial charge in [0.15, 0.2) is 0 Å². The van der Waals surface area contributed by atoms with Crippen LogP contribution in [0.25, 0.3) is 0 Å². The lowest BCUT2D eigenvalue weighted by atomic mass is 10.2. The molecule has 80 valence electrons. The summed E-state index contributed by atoms with van der Waals surface area (Å²) in [6, 6.07) is 5.83. The molecule has 0 saturated carbocycles. The predicted octanol–water partition coefficient (Wildman–Crippen LogP) is 1.37. The van der Waals surface area contributed by atoms with E-state index in [-0.39, 0.29) is 6.04 Å². The van der Waals surface area contributed by atoms with E-state index in [1.807, 2.05) is 25.1 Å². The zero-order valence-electron chi connectivity index (χ0n) is 8.55. The van der Waals surface area contributed by atoms with Gasteiger partial charge in [0.1, 0.15) is 0 Å². The fraction of sp³-hybridized carbons (Fsp3) is 0.273. The van der Waals surface area contributed by atoms with Gasteiger partial charge in [-0.15, -0.1) is 0 Å². The number of nitrogens with zero attached hydrogens (tertiary/aromatic N) is 1. The Morgan fingerprint density at radius 1 is 1.67 bits per heavy atom. The van der Waals surface area contributed by atoms with Crippen LogP contribution in [0.3, 0.4) is 0 Å². The number of carboxylic acid groups (broad SMARTS) is 1. The summed E-state index contributed by atoms with van der Waals surface area (Å²) in [5.41, 5.74) is 0.946. The molecule has 0 saturated heterocycles. The molecule has 4 nitrogen and oxygen atoms in total. The first kappa shape index (κ1) is 11.4. The molecular formula is C11H14N2O2. The third-order valence-electron chi connectivity index (χ3n) is 1.93. The average molecular weight is 206 g/mol. The fourth-order valence-electron chi connectivity index (χ4n) is 1.14. The second kappa shape index (κ2) is 5.93. The van der Waals surface area contributed by atoms with Gasteiger partial charge >= 0.3 is 5.97 Å². The van der Waals surface area contributed by atoms with E-state index in [9.17, 15) is 4.79 Å². The monoisotopic (exact) mass is 206 g/mol. The van der Waals surface area contributed by atoms with Gasteiger partial charge in [0.2, 0.25) is 0 Å². The van der Waals surface area contributed by atoms with Crippen LogP contribution < -0.4 is 5.32 Å². The van der Waals surface area contributed by atoms with Crippen molar-refractivity contribution in [1.82, 2.24) is 10.3 Å². The molecular weight excluding hydrogens is 192 g/mol. The van der Waals surface area contributed by atoms with E-state index in [0.717, 1.165) is 11.8 Å². The van der Waals surface area contributed by atoms with E-state index in [1.165, 1.54) is 0 Å². The third kappa shape index (κ3) is 4.37. The predicted molar refractivity (Wildman–Crippen MR) is 57.4 cm³/mol. The van der Waals surface area contributed by atoms with Crippen molar-refractivity contribution in [2.45, 2.75) is 13.0 Å².